The summed E-state index contributed by atoms with van der Waals surface area (Å²) in [6.07, 6.45) is 5.31. The van der Waals surface area contributed by atoms with Crippen molar-refractivity contribution in [1.82, 2.24) is 20.4 Å². The van der Waals surface area contributed by atoms with Gasteiger partial charge in [0.2, 0.25) is 5.89 Å². The summed E-state index contributed by atoms with van der Waals surface area (Å²) in [5.74, 6) is 2.55. The average molecular weight is 292 g/mol. The van der Waals surface area contributed by atoms with Gasteiger partial charge in [-0.1, -0.05) is 5.16 Å². The first-order valence-corrected chi connectivity index (χ1v) is 7.99. The van der Waals surface area contributed by atoms with Gasteiger partial charge in [-0.15, -0.1) is 0 Å². The molecule has 2 amide bonds. The molecule has 6 nitrogen and oxygen atoms in total. The van der Waals surface area contributed by atoms with Crippen LogP contribution < -0.4 is 5.32 Å². The Balaban J connectivity index is 1.53. The van der Waals surface area contributed by atoms with Gasteiger partial charge in [-0.05, 0) is 45.4 Å². The van der Waals surface area contributed by atoms with Crippen LogP contribution in [0.1, 0.15) is 57.2 Å². The molecule has 1 saturated carbocycles. The highest BCUT2D eigenvalue weighted by Gasteiger charge is 2.30. The van der Waals surface area contributed by atoms with Gasteiger partial charge in [-0.3, -0.25) is 0 Å². The van der Waals surface area contributed by atoms with E-state index in [4.69, 9.17) is 4.52 Å². The van der Waals surface area contributed by atoms with Crippen molar-refractivity contribution >= 4 is 6.03 Å². The van der Waals surface area contributed by atoms with Gasteiger partial charge in [-0.25, -0.2) is 4.79 Å². The van der Waals surface area contributed by atoms with Crippen LogP contribution >= 0.6 is 0 Å². The largest absolute Gasteiger partial charge is 0.339 e. The van der Waals surface area contributed by atoms with Crippen LogP contribution in [0.15, 0.2) is 4.52 Å². The number of piperidine rings is 1. The second kappa shape index (κ2) is 6.03. The van der Waals surface area contributed by atoms with Crippen LogP contribution in [0.2, 0.25) is 0 Å². The van der Waals surface area contributed by atoms with E-state index in [2.05, 4.69) is 15.5 Å². The number of hydrogen-bond acceptors (Lipinski definition) is 4. The van der Waals surface area contributed by atoms with Crippen LogP contribution in [-0.2, 0) is 6.42 Å². The first-order chi connectivity index (χ1) is 10.1. The highest BCUT2D eigenvalue weighted by molar-refractivity contribution is 5.74. The number of rotatable bonds is 4. The predicted octanol–water partition coefficient (Wildman–Crippen LogP) is 2.32. The molecule has 0 bridgehead atoms. The minimum absolute atomic E-state index is 0.0406. The highest BCUT2D eigenvalue weighted by Crippen LogP contribution is 2.38. The van der Waals surface area contributed by atoms with Gasteiger partial charge in [-0.2, -0.15) is 4.98 Å². The van der Waals surface area contributed by atoms with Crippen LogP contribution in [0.25, 0.3) is 0 Å². The molecule has 21 heavy (non-hydrogen) atoms. The molecule has 2 fully saturated rings. The van der Waals surface area contributed by atoms with E-state index in [9.17, 15) is 4.79 Å². The molecule has 1 aliphatic carbocycles. The molecule has 1 aromatic heterocycles. The third-order valence-corrected chi connectivity index (χ3v) is 4.11. The number of urea groups is 1. The zero-order valence-corrected chi connectivity index (χ0v) is 12.8. The number of aromatic nitrogens is 2. The lowest BCUT2D eigenvalue weighted by Gasteiger charge is -2.32. The average Bonchev–Trinajstić information content (AvgIpc) is 3.19. The van der Waals surface area contributed by atoms with Crippen molar-refractivity contribution < 1.29 is 9.32 Å². The molecule has 1 aromatic rings. The van der Waals surface area contributed by atoms with Crippen LogP contribution in [0.5, 0.6) is 0 Å². The Bertz CT molecular complexity index is 496. The minimum Gasteiger partial charge on any atom is -0.339 e. The normalized spacial score (nSPS) is 22.6. The maximum atomic E-state index is 12.1. The Morgan fingerprint density at radius 1 is 1.43 bits per heavy atom. The van der Waals surface area contributed by atoms with Gasteiger partial charge in [0.05, 0.1) is 0 Å². The van der Waals surface area contributed by atoms with Gasteiger partial charge >= 0.3 is 6.03 Å². The van der Waals surface area contributed by atoms with Gasteiger partial charge in [0.25, 0.3) is 0 Å². The lowest BCUT2D eigenvalue weighted by molar-refractivity contribution is 0.159. The van der Waals surface area contributed by atoms with Crippen molar-refractivity contribution in [2.45, 2.75) is 57.9 Å². The SMILES string of the molecule is CC(C)NC(=O)N1CCC[C@@H](Cc2nc(C3CC3)no2)C1. The highest BCUT2D eigenvalue weighted by atomic mass is 16.5. The maximum absolute atomic E-state index is 12.1. The van der Waals surface area contributed by atoms with Crippen molar-refractivity contribution in [2.24, 2.45) is 5.92 Å². The lowest BCUT2D eigenvalue weighted by Crippen LogP contribution is -2.47. The summed E-state index contributed by atoms with van der Waals surface area (Å²) in [7, 11) is 0. The van der Waals surface area contributed by atoms with Crippen molar-refractivity contribution in [3.05, 3.63) is 11.7 Å². The Labute approximate surface area is 125 Å². The van der Waals surface area contributed by atoms with E-state index in [1.807, 2.05) is 18.7 Å². The smallest absolute Gasteiger partial charge is 0.317 e. The molecule has 0 unspecified atom stereocenters. The van der Waals surface area contributed by atoms with Crippen molar-refractivity contribution in [1.29, 1.82) is 0 Å². The Kier molecular flexibility index (Phi) is 4.12. The Morgan fingerprint density at radius 3 is 2.95 bits per heavy atom. The second-order valence-electron chi connectivity index (χ2n) is 6.58. The fraction of sp³-hybridized carbons (Fsp3) is 0.800. The van der Waals surface area contributed by atoms with Gasteiger partial charge in [0, 0.05) is 31.5 Å². The zero-order valence-electron chi connectivity index (χ0n) is 12.8. The minimum atomic E-state index is 0.0406. The second-order valence-corrected chi connectivity index (χ2v) is 6.58. The zero-order chi connectivity index (χ0) is 14.8. The molecular weight excluding hydrogens is 268 g/mol. The summed E-state index contributed by atoms with van der Waals surface area (Å²) < 4.78 is 5.35. The van der Waals surface area contributed by atoms with Crippen molar-refractivity contribution in [3.8, 4) is 0 Å². The van der Waals surface area contributed by atoms with E-state index >= 15 is 0 Å². The molecule has 0 radical (unpaired) electrons. The standard InChI is InChI=1S/C15H24N4O2/c1-10(2)16-15(20)19-7-3-4-11(9-19)8-13-17-14(18-21-13)12-5-6-12/h10-12H,3-9H2,1-2H3,(H,16,20)/t11-/m0/s1. The quantitative estimate of drug-likeness (QED) is 0.924. The Hall–Kier alpha value is -1.59. The van der Waals surface area contributed by atoms with Crippen LogP contribution in [0.3, 0.4) is 0 Å². The molecule has 0 spiro atoms. The van der Waals surface area contributed by atoms with Crippen LogP contribution in [-0.4, -0.2) is 40.2 Å². The summed E-state index contributed by atoms with van der Waals surface area (Å²) in [5.41, 5.74) is 0. The summed E-state index contributed by atoms with van der Waals surface area (Å²) >= 11 is 0. The first kappa shape index (κ1) is 14.4. The van der Waals surface area contributed by atoms with E-state index in [1.54, 1.807) is 0 Å². The van der Waals surface area contributed by atoms with E-state index in [-0.39, 0.29) is 12.1 Å². The van der Waals surface area contributed by atoms with Crippen LogP contribution in [0, 0.1) is 5.92 Å². The third kappa shape index (κ3) is 3.74. The van der Waals surface area contributed by atoms with E-state index in [1.165, 1.54) is 12.8 Å². The molecule has 116 valence electrons. The molecule has 0 aromatic carbocycles. The first-order valence-electron chi connectivity index (χ1n) is 7.99. The number of carbonyl (C=O) groups is 1. The van der Waals surface area contributed by atoms with E-state index < -0.39 is 0 Å². The number of likely N-dealkylation sites (tertiary alicyclic amines) is 1. The summed E-state index contributed by atoms with van der Waals surface area (Å²) in [6.45, 7) is 5.58. The molecule has 6 heteroatoms. The molecule has 2 heterocycles. The summed E-state index contributed by atoms with van der Waals surface area (Å²) in [5, 5.41) is 7.02. The summed E-state index contributed by atoms with van der Waals surface area (Å²) in [4.78, 5) is 18.5. The molecule has 1 N–H and O–H groups in total. The Morgan fingerprint density at radius 2 is 2.24 bits per heavy atom. The summed E-state index contributed by atoms with van der Waals surface area (Å²) in [6, 6.07) is 0.216. The monoisotopic (exact) mass is 292 g/mol. The van der Waals surface area contributed by atoms with Crippen molar-refractivity contribution in [2.75, 3.05) is 13.1 Å². The van der Waals surface area contributed by atoms with Crippen LogP contribution in [0.4, 0.5) is 4.79 Å². The fourth-order valence-corrected chi connectivity index (χ4v) is 2.86. The molecule has 2 aliphatic rings. The number of hydrogen-bond donors (Lipinski definition) is 1. The molecule has 1 saturated heterocycles. The molecule has 1 atom stereocenters. The van der Waals surface area contributed by atoms with Gasteiger partial charge in [0.15, 0.2) is 5.82 Å². The topological polar surface area (TPSA) is 71.3 Å². The van der Waals surface area contributed by atoms with Crippen molar-refractivity contribution in [3.63, 3.8) is 0 Å². The lowest BCUT2D eigenvalue weighted by atomic mass is 9.95. The molecule has 3 rings (SSSR count). The number of carbonyl (C=O) groups excluding carboxylic acids is 1. The molecule has 1 aliphatic heterocycles. The molecular formula is C15H24N4O2. The van der Waals surface area contributed by atoms with E-state index in [0.717, 1.165) is 44.1 Å². The maximum Gasteiger partial charge on any atom is 0.317 e. The predicted molar refractivity (Wildman–Crippen MR) is 77.9 cm³/mol. The third-order valence-electron chi connectivity index (χ3n) is 4.11. The number of nitrogens with zero attached hydrogens (tertiary/aromatic N) is 3. The number of nitrogens with one attached hydrogen (secondary N) is 1. The van der Waals surface area contributed by atoms with E-state index in [0.29, 0.717) is 11.8 Å². The fourth-order valence-electron chi connectivity index (χ4n) is 2.86. The van der Waals surface area contributed by atoms with Gasteiger partial charge < -0.3 is 14.7 Å². The van der Waals surface area contributed by atoms with Gasteiger partial charge in [0.1, 0.15) is 0 Å². The number of amides is 2.